The molecule has 1 unspecified atom stereocenters. The minimum absolute atomic E-state index is 0.0957. The first-order chi connectivity index (χ1) is 12.9. The lowest BCUT2D eigenvalue weighted by Crippen LogP contribution is -2.20. The molecule has 0 radical (unpaired) electrons. The number of benzene rings is 1. The monoisotopic (exact) mass is 386 g/mol. The lowest BCUT2D eigenvalue weighted by Gasteiger charge is -2.13. The third kappa shape index (κ3) is 5.98. The van der Waals surface area contributed by atoms with Crippen LogP contribution in [0.4, 0.5) is 0 Å². The first kappa shape index (κ1) is 20.7. The molecule has 0 amide bonds. The van der Waals surface area contributed by atoms with Crippen molar-refractivity contribution in [2.24, 2.45) is 0 Å². The Morgan fingerprint density at radius 3 is 2.67 bits per heavy atom. The molecule has 2 rings (SSSR count). The topological polar surface area (TPSA) is 92.4 Å². The number of hydrogen-bond donors (Lipinski definition) is 1. The molecular formula is C20H22N2O4S. The summed E-state index contributed by atoms with van der Waals surface area (Å²) in [5, 5.41) is 20.1. The molecule has 0 spiro atoms. The number of pyridine rings is 1. The van der Waals surface area contributed by atoms with Crippen molar-refractivity contribution in [2.75, 3.05) is 19.0 Å². The van der Waals surface area contributed by atoms with Crippen molar-refractivity contribution in [3.63, 3.8) is 0 Å². The smallest absolute Gasteiger partial charge is 0.338 e. The van der Waals surface area contributed by atoms with E-state index < -0.39 is 6.10 Å². The maximum atomic E-state index is 11.6. The molecular weight excluding hydrogens is 364 g/mol. The van der Waals surface area contributed by atoms with Gasteiger partial charge in [-0.05, 0) is 56.7 Å². The van der Waals surface area contributed by atoms with Crippen LogP contribution >= 0.6 is 11.8 Å². The van der Waals surface area contributed by atoms with E-state index in [1.807, 2.05) is 19.9 Å². The van der Waals surface area contributed by atoms with Crippen LogP contribution in [0.1, 0.15) is 34.1 Å². The first-order valence-electron chi connectivity index (χ1n) is 8.53. The second-order valence-electron chi connectivity index (χ2n) is 5.89. The molecule has 0 aliphatic rings. The van der Waals surface area contributed by atoms with Crippen LogP contribution in [0.25, 0.3) is 0 Å². The summed E-state index contributed by atoms with van der Waals surface area (Å²) in [6.07, 6.45) is -0.728. The molecule has 7 heteroatoms. The van der Waals surface area contributed by atoms with Gasteiger partial charge in [-0.2, -0.15) is 5.26 Å². The lowest BCUT2D eigenvalue weighted by atomic mass is 10.1. The summed E-state index contributed by atoms with van der Waals surface area (Å²) in [5.41, 5.74) is 2.69. The van der Waals surface area contributed by atoms with E-state index in [0.29, 0.717) is 34.3 Å². The van der Waals surface area contributed by atoms with Crippen LogP contribution in [0.5, 0.6) is 5.75 Å². The molecule has 0 aliphatic heterocycles. The van der Waals surface area contributed by atoms with E-state index in [2.05, 4.69) is 11.1 Å². The number of nitrogens with zero attached hydrogens (tertiary/aromatic N) is 2. The van der Waals surface area contributed by atoms with Gasteiger partial charge in [0.2, 0.25) is 0 Å². The molecule has 142 valence electrons. The zero-order valence-corrected chi connectivity index (χ0v) is 16.4. The Balaban J connectivity index is 1.87. The fraction of sp³-hybridized carbons (Fsp3) is 0.350. The molecule has 1 heterocycles. The van der Waals surface area contributed by atoms with Gasteiger partial charge in [0.05, 0.1) is 23.8 Å². The van der Waals surface area contributed by atoms with Crippen LogP contribution in [-0.4, -0.2) is 41.1 Å². The van der Waals surface area contributed by atoms with Gasteiger partial charge in [-0.3, -0.25) is 0 Å². The number of nitriles is 1. The van der Waals surface area contributed by atoms with E-state index in [4.69, 9.17) is 9.47 Å². The van der Waals surface area contributed by atoms with Gasteiger partial charge in [0, 0.05) is 11.4 Å². The Hall–Kier alpha value is -2.56. The van der Waals surface area contributed by atoms with Crippen molar-refractivity contribution in [3.8, 4) is 11.8 Å². The molecule has 0 saturated heterocycles. The average Bonchev–Trinajstić information content (AvgIpc) is 2.65. The minimum atomic E-state index is -0.728. The van der Waals surface area contributed by atoms with Gasteiger partial charge < -0.3 is 14.6 Å². The van der Waals surface area contributed by atoms with E-state index in [1.54, 1.807) is 31.2 Å². The molecule has 2 aromatic rings. The van der Waals surface area contributed by atoms with Gasteiger partial charge in [0.1, 0.15) is 23.5 Å². The fourth-order valence-corrected chi connectivity index (χ4v) is 3.37. The summed E-state index contributed by atoms with van der Waals surface area (Å²) in [6.45, 7) is 5.92. The van der Waals surface area contributed by atoms with E-state index in [1.165, 1.54) is 11.8 Å². The lowest BCUT2D eigenvalue weighted by molar-refractivity contribution is 0.0526. The molecule has 0 bridgehead atoms. The number of aryl methyl sites for hydroxylation is 2. The van der Waals surface area contributed by atoms with Crippen molar-refractivity contribution in [1.29, 1.82) is 5.26 Å². The van der Waals surface area contributed by atoms with E-state index >= 15 is 0 Å². The Kier molecular flexibility index (Phi) is 7.65. The van der Waals surface area contributed by atoms with Crippen molar-refractivity contribution >= 4 is 17.7 Å². The highest BCUT2D eigenvalue weighted by atomic mass is 32.2. The molecule has 1 aromatic carbocycles. The third-order valence-corrected chi connectivity index (χ3v) is 4.76. The number of ether oxygens (including phenoxy) is 2. The van der Waals surface area contributed by atoms with E-state index in [-0.39, 0.29) is 12.6 Å². The zero-order chi connectivity index (χ0) is 19.8. The Morgan fingerprint density at radius 1 is 1.33 bits per heavy atom. The van der Waals surface area contributed by atoms with Gasteiger partial charge in [-0.1, -0.05) is 0 Å². The number of thioether (sulfide) groups is 1. The summed E-state index contributed by atoms with van der Waals surface area (Å²) in [7, 11) is 0. The highest BCUT2D eigenvalue weighted by molar-refractivity contribution is 7.99. The molecule has 27 heavy (non-hydrogen) atoms. The van der Waals surface area contributed by atoms with Crippen molar-refractivity contribution in [1.82, 2.24) is 4.98 Å². The molecule has 0 saturated carbocycles. The summed E-state index contributed by atoms with van der Waals surface area (Å²) in [5.74, 6) is 0.523. The highest BCUT2D eigenvalue weighted by Crippen LogP contribution is 2.24. The molecule has 0 aliphatic carbocycles. The number of carbonyl (C=O) groups excluding carboxylic acids is 1. The number of carbonyl (C=O) groups is 1. The Morgan fingerprint density at radius 2 is 2.04 bits per heavy atom. The molecule has 0 fully saturated rings. The average molecular weight is 386 g/mol. The standard InChI is InChI=1S/C20H22N2O4S/c1-4-25-20(24)15-5-7-17(8-6-15)26-11-16(23)12-27-19-18(10-21)13(2)9-14(3)22-19/h5-9,16,23H,4,11-12H2,1-3H3. The van der Waals surface area contributed by atoms with Gasteiger partial charge in [-0.15, -0.1) is 11.8 Å². The van der Waals surface area contributed by atoms with Crippen LogP contribution < -0.4 is 4.74 Å². The van der Waals surface area contributed by atoms with Gasteiger partial charge in [0.25, 0.3) is 0 Å². The SMILES string of the molecule is CCOC(=O)c1ccc(OCC(O)CSc2nc(C)cc(C)c2C#N)cc1. The zero-order valence-electron chi connectivity index (χ0n) is 15.6. The van der Waals surface area contributed by atoms with Crippen LogP contribution in [0, 0.1) is 25.2 Å². The van der Waals surface area contributed by atoms with Crippen LogP contribution in [0.3, 0.4) is 0 Å². The molecule has 1 N–H and O–H groups in total. The number of aromatic nitrogens is 1. The number of aliphatic hydroxyl groups is 1. The number of esters is 1. The fourth-order valence-electron chi connectivity index (χ4n) is 2.36. The maximum absolute atomic E-state index is 11.6. The number of rotatable bonds is 8. The summed E-state index contributed by atoms with van der Waals surface area (Å²) >= 11 is 1.33. The predicted octanol–water partition coefficient (Wildman–Crippen LogP) is 3.28. The van der Waals surface area contributed by atoms with Gasteiger partial charge in [0.15, 0.2) is 0 Å². The Labute approximate surface area is 163 Å². The van der Waals surface area contributed by atoms with Gasteiger partial charge >= 0.3 is 5.97 Å². The highest BCUT2D eigenvalue weighted by Gasteiger charge is 2.13. The van der Waals surface area contributed by atoms with Crippen LogP contribution in [0.2, 0.25) is 0 Å². The minimum Gasteiger partial charge on any atom is -0.491 e. The first-order valence-corrected chi connectivity index (χ1v) is 9.52. The van der Waals surface area contributed by atoms with E-state index in [0.717, 1.165) is 11.3 Å². The second-order valence-corrected chi connectivity index (χ2v) is 6.90. The summed E-state index contributed by atoms with van der Waals surface area (Å²) in [4.78, 5) is 16.0. The Bertz CT molecular complexity index is 831. The second kappa shape index (κ2) is 9.95. The van der Waals surface area contributed by atoms with Crippen molar-refractivity contribution in [3.05, 3.63) is 52.7 Å². The van der Waals surface area contributed by atoms with Crippen LogP contribution in [0.15, 0.2) is 35.4 Å². The third-order valence-electron chi connectivity index (χ3n) is 3.64. The number of aliphatic hydroxyl groups excluding tert-OH is 1. The normalized spacial score (nSPS) is 11.5. The van der Waals surface area contributed by atoms with Crippen molar-refractivity contribution < 1.29 is 19.4 Å². The number of hydrogen-bond acceptors (Lipinski definition) is 7. The quantitative estimate of drug-likeness (QED) is 0.550. The maximum Gasteiger partial charge on any atom is 0.338 e. The van der Waals surface area contributed by atoms with E-state index in [9.17, 15) is 15.2 Å². The van der Waals surface area contributed by atoms with Crippen LogP contribution in [-0.2, 0) is 4.74 Å². The predicted molar refractivity (Wildman–Crippen MR) is 103 cm³/mol. The summed E-state index contributed by atoms with van der Waals surface area (Å²) < 4.78 is 10.5. The largest absolute Gasteiger partial charge is 0.491 e. The molecule has 1 aromatic heterocycles. The van der Waals surface area contributed by atoms with Gasteiger partial charge in [-0.25, -0.2) is 9.78 Å². The molecule has 1 atom stereocenters. The van der Waals surface area contributed by atoms with Crippen molar-refractivity contribution in [2.45, 2.75) is 31.9 Å². The summed E-state index contributed by atoms with van der Waals surface area (Å²) in [6, 6.07) is 10.6. The molecule has 6 nitrogen and oxygen atoms in total.